The van der Waals surface area contributed by atoms with E-state index in [4.69, 9.17) is 14.2 Å². The second kappa shape index (κ2) is 8.78. The maximum Gasteiger partial charge on any atom is 0.511 e. The number of carbonyl (C=O) groups excluding carboxylic acids is 4. The second-order valence-electron chi connectivity index (χ2n) is 8.75. The van der Waals surface area contributed by atoms with Crippen molar-refractivity contribution < 1.29 is 46.5 Å². The number of nitrogens with one attached hydrogen (secondary N) is 1. The van der Waals surface area contributed by atoms with Crippen molar-refractivity contribution in [1.82, 2.24) is 10.2 Å². The number of hydrogen-bond donors (Lipinski definition) is 1. The minimum atomic E-state index is -4.14. The van der Waals surface area contributed by atoms with Gasteiger partial charge in [0.05, 0.1) is 7.11 Å². The number of nitrogens with zero attached hydrogens (tertiary/aromatic N) is 1. The summed E-state index contributed by atoms with van der Waals surface area (Å²) < 4.78 is 44.1. The second-order valence-corrected chi connectivity index (χ2v) is 11.4. The Labute approximate surface area is 196 Å². The van der Waals surface area contributed by atoms with Crippen LogP contribution in [0.5, 0.6) is 0 Å². The molecule has 2 fully saturated rings. The van der Waals surface area contributed by atoms with Crippen LogP contribution in [0.1, 0.15) is 33.3 Å². The van der Waals surface area contributed by atoms with E-state index >= 15 is 0 Å². The molecule has 0 spiro atoms. The number of β-lactam (4-membered cyclic amide) rings is 1. The third-order valence-corrected chi connectivity index (χ3v) is 8.44. The van der Waals surface area contributed by atoms with E-state index in [1.165, 1.54) is 27.7 Å². The molecule has 13 heteroatoms. The van der Waals surface area contributed by atoms with Gasteiger partial charge in [0, 0.05) is 13.8 Å². The summed E-state index contributed by atoms with van der Waals surface area (Å²) in [5, 5.41) is 0.788. The Hall–Kier alpha value is -3.35. The molecular formula is C21H26N2O10S. The topological polar surface area (TPSA) is 155 Å². The molecule has 3 atom stereocenters. The molecule has 2 amide bonds. The lowest BCUT2D eigenvalue weighted by molar-refractivity contribution is -0.207. The van der Waals surface area contributed by atoms with Crippen LogP contribution in [0.25, 0.3) is 0 Å². The molecule has 0 aromatic heterocycles. The van der Waals surface area contributed by atoms with Gasteiger partial charge >= 0.3 is 18.2 Å². The van der Waals surface area contributed by atoms with Crippen LogP contribution in [-0.4, -0.2) is 72.5 Å². The summed E-state index contributed by atoms with van der Waals surface area (Å²) in [6.07, 6.45) is -2.10. The number of sulfone groups is 1. The molecule has 2 aliphatic heterocycles. The van der Waals surface area contributed by atoms with Gasteiger partial charge in [0.1, 0.15) is 23.4 Å². The lowest BCUT2D eigenvalue weighted by Crippen LogP contribution is -2.72. The summed E-state index contributed by atoms with van der Waals surface area (Å²) in [6.45, 7) is 4.98. The minimum absolute atomic E-state index is 0.0789. The molecule has 3 rings (SSSR count). The number of carbonyl (C=O) groups is 4. The predicted octanol–water partition coefficient (Wildman–Crippen LogP) is 1.09. The molecular weight excluding hydrogens is 472 g/mol. The number of methoxy groups -OCH3 is 1. The first-order valence-electron chi connectivity index (χ1n) is 10.3. The van der Waals surface area contributed by atoms with E-state index in [9.17, 15) is 27.6 Å². The van der Waals surface area contributed by atoms with E-state index in [1.54, 1.807) is 30.3 Å². The molecule has 12 nitrogen and oxygen atoms in total. The first-order valence-corrected chi connectivity index (χ1v) is 11.8. The van der Waals surface area contributed by atoms with Gasteiger partial charge in [0.15, 0.2) is 15.2 Å². The Kier molecular flexibility index (Phi) is 6.53. The highest BCUT2D eigenvalue weighted by molar-refractivity contribution is 7.94. The Morgan fingerprint density at radius 1 is 1.12 bits per heavy atom. The molecule has 1 aromatic carbocycles. The van der Waals surface area contributed by atoms with Crippen molar-refractivity contribution in [3.63, 3.8) is 0 Å². The molecule has 0 radical (unpaired) electrons. The first-order chi connectivity index (χ1) is 15.7. The maximum absolute atomic E-state index is 13.2. The van der Waals surface area contributed by atoms with Crippen LogP contribution in [0.2, 0.25) is 0 Å². The fourth-order valence-corrected chi connectivity index (χ4v) is 6.09. The van der Waals surface area contributed by atoms with Crippen LogP contribution in [0.15, 0.2) is 30.3 Å². The number of esters is 1. The van der Waals surface area contributed by atoms with Crippen molar-refractivity contribution in [3.05, 3.63) is 35.9 Å². The van der Waals surface area contributed by atoms with Crippen LogP contribution >= 0.6 is 0 Å². The molecule has 2 saturated heterocycles. The molecule has 186 valence electrons. The van der Waals surface area contributed by atoms with Crippen LogP contribution in [-0.2, 0) is 45.0 Å². The van der Waals surface area contributed by atoms with Crippen LogP contribution in [0.4, 0.5) is 9.59 Å². The van der Waals surface area contributed by atoms with Gasteiger partial charge in [-0.2, -0.15) is 0 Å². The van der Waals surface area contributed by atoms with Gasteiger partial charge in [0.2, 0.25) is 5.91 Å². The molecule has 1 N–H and O–H groups in total. The van der Waals surface area contributed by atoms with Crippen LogP contribution in [0, 0.1) is 0 Å². The molecule has 1 aromatic rings. The standard InChI is InChI=1S/C21H26N2O10S/c1-20(2)14(17(25)32-21(3,4)33-19(27)30-5)23-15(24)13(16(23)34(20,28)29)22-18(26)31-11-12-9-7-6-8-10-12/h6-10,13-14,16H,11H2,1-5H3,(H,22,26)/t13?,14-,16+/m0/s1. The molecule has 2 heterocycles. The summed E-state index contributed by atoms with van der Waals surface area (Å²) in [7, 11) is -3.07. The monoisotopic (exact) mass is 498 g/mol. The Morgan fingerprint density at radius 2 is 1.74 bits per heavy atom. The molecule has 2 aliphatic rings. The fourth-order valence-electron chi connectivity index (χ4n) is 3.87. The molecule has 0 aliphatic carbocycles. The van der Waals surface area contributed by atoms with Crippen molar-refractivity contribution in [2.45, 2.75) is 62.3 Å². The van der Waals surface area contributed by atoms with Gasteiger partial charge < -0.3 is 29.2 Å². The van der Waals surface area contributed by atoms with Crippen LogP contribution < -0.4 is 5.32 Å². The zero-order chi connectivity index (χ0) is 25.5. The van der Waals surface area contributed by atoms with Crippen molar-refractivity contribution in [2.24, 2.45) is 0 Å². The van der Waals surface area contributed by atoms with Crippen molar-refractivity contribution in [3.8, 4) is 0 Å². The molecule has 1 unspecified atom stereocenters. The van der Waals surface area contributed by atoms with E-state index in [-0.39, 0.29) is 6.61 Å². The van der Waals surface area contributed by atoms with Gasteiger partial charge in [0.25, 0.3) is 5.79 Å². The number of ether oxygens (including phenoxy) is 4. The summed E-state index contributed by atoms with van der Waals surface area (Å²) >= 11 is 0. The lowest BCUT2D eigenvalue weighted by atomic mass is 9.96. The molecule has 34 heavy (non-hydrogen) atoms. The third-order valence-electron chi connectivity index (χ3n) is 5.62. The van der Waals surface area contributed by atoms with Gasteiger partial charge in [-0.25, -0.2) is 22.8 Å². The smallest absolute Gasteiger partial charge is 0.445 e. The molecule has 0 saturated carbocycles. The Balaban J connectivity index is 1.74. The number of amides is 2. The average Bonchev–Trinajstić information content (AvgIpc) is 2.90. The maximum atomic E-state index is 13.2. The normalized spacial score (nSPS) is 24.3. The Morgan fingerprint density at radius 3 is 2.32 bits per heavy atom. The van der Waals surface area contributed by atoms with Gasteiger partial charge in [-0.1, -0.05) is 30.3 Å². The van der Waals surface area contributed by atoms with E-state index in [0.29, 0.717) is 5.56 Å². The number of benzene rings is 1. The van der Waals surface area contributed by atoms with E-state index in [0.717, 1.165) is 12.0 Å². The van der Waals surface area contributed by atoms with Crippen LogP contribution in [0.3, 0.4) is 0 Å². The quantitative estimate of drug-likeness (QED) is 0.261. The highest BCUT2D eigenvalue weighted by atomic mass is 32.2. The van der Waals surface area contributed by atoms with E-state index in [2.05, 4.69) is 10.1 Å². The minimum Gasteiger partial charge on any atom is -0.445 e. The zero-order valence-corrected chi connectivity index (χ0v) is 20.1. The Bertz CT molecular complexity index is 1100. The summed E-state index contributed by atoms with van der Waals surface area (Å²) in [5.41, 5.74) is 0.702. The number of rotatable bonds is 6. The fraction of sp³-hybridized carbons (Fsp3) is 0.524. The number of alkyl carbamates (subject to hydrolysis) is 1. The van der Waals surface area contributed by atoms with Gasteiger partial charge in [-0.3, -0.25) is 4.79 Å². The summed E-state index contributed by atoms with van der Waals surface area (Å²) in [4.78, 5) is 50.2. The number of fused-ring (bicyclic) bond motifs is 1. The first kappa shape index (κ1) is 25.3. The van der Waals surface area contributed by atoms with E-state index in [1.807, 2.05) is 0 Å². The third kappa shape index (κ3) is 4.39. The SMILES string of the molecule is COC(=O)OC(C)(C)OC(=O)[C@@H]1N2C(=O)C(NC(=O)OCc3ccccc3)[C@H]2S(=O)(=O)C1(C)C. The van der Waals surface area contributed by atoms with Crippen molar-refractivity contribution in [2.75, 3.05) is 7.11 Å². The summed E-state index contributed by atoms with van der Waals surface area (Å²) in [5.74, 6) is -3.68. The summed E-state index contributed by atoms with van der Waals surface area (Å²) in [6, 6.07) is 5.81. The number of hydrogen-bond acceptors (Lipinski definition) is 10. The lowest BCUT2D eigenvalue weighted by Gasteiger charge is -2.43. The zero-order valence-electron chi connectivity index (χ0n) is 19.3. The van der Waals surface area contributed by atoms with Gasteiger partial charge in [-0.15, -0.1) is 0 Å². The van der Waals surface area contributed by atoms with Gasteiger partial charge in [-0.05, 0) is 19.4 Å². The van der Waals surface area contributed by atoms with Crippen molar-refractivity contribution >= 4 is 34.0 Å². The highest BCUT2D eigenvalue weighted by Gasteiger charge is 2.73. The van der Waals surface area contributed by atoms with E-state index < -0.39 is 62.0 Å². The van der Waals surface area contributed by atoms with Crippen molar-refractivity contribution in [1.29, 1.82) is 0 Å². The highest BCUT2D eigenvalue weighted by Crippen LogP contribution is 2.46. The largest absolute Gasteiger partial charge is 0.511 e. The molecule has 0 bridgehead atoms. The average molecular weight is 499 g/mol. The predicted molar refractivity (Wildman–Crippen MR) is 115 cm³/mol.